The molecule has 1 saturated heterocycles. The molecule has 170 valence electrons. The van der Waals surface area contributed by atoms with Crippen molar-refractivity contribution in [3.8, 4) is 22.6 Å². The molecule has 1 aromatic heterocycles. The van der Waals surface area contributed by atoms with E-state index in [-0.39, 0.29) is 23.4 Å². The molecular weight excluding hydrogens is 418 g/mol. The molecule has 2 amide bonds. The number of nitrogens with one attached hydrogen (secondary N) is 1. The molecule has 2 bridgehead atoms. The number of hydrogen-bond acceptors (Lipinski definition) is 4. The van der Waals surface area contributed by atoms with Crippen LogP contribution in [-0.2, 0) is 6.54 Å². The fraction of sp³-hybridized carbons (Fsp3) is 0.308. The summed E-state index contributed by atoms with van der Waals surface area (Å²) in [5.74, 6) is 1.57. The molecule has 3 heterocycles. The van der Waals surface area contributed by atoms with E-state index >= 15 is 0 Å². The number of anilines is 1. The maximum atomic E-state index is 13.2. The monoisotopic (exact) mass is 445 g/mol. The number of hydrogen-bond donors (Lipinski definition) is 1. The van der Waals surface area contributed by atoms with E-state index in [1.807, 2.05) is 33.7 Å². The van der Waals surface area contributed by atoms with Crippen LogP contribution >= 0.6 is 0 Å². The first-order chi connectivity index (χ1) is 16.1. The topological polar surface area (TPSA) is 72.8 Å². The third-order valence-corrected chi connectivity index (χ3v) is 6.56. The number of piperidine rings is 1. The number of carbonyl (C=O) groups excluding carboxylic acids is 1. The van der Waals surface area contributed by atoms with Gasteiger partial charge in [-0.05, 0) is 24.0 Å². The van der Waals surface area contributed by atoms with Crippen molar-refractivity contribution < 1.29 is 14.3 Å². The van der Waals surface area contributed by atoms with Crippen LogP contribution in [0.15, 0.2) is 65.5 Å². The Morgan fingerprint density at radius 3 is 2.36 bits per heavy atom. The molecule has 2 atom stereocenters. The minimum Gasteiger partial charge on any atom is -0.497 e. The molecule has 2 aliphatic rings. The van der Waals surface area contributed by atoms with E-state index in [0.717, 1.165) is 23.2 Å². The van der Waals surface area contributed by atoms with Gasteiger partial charge in [-0.2, -0.15) is 0 Å². The zero-order chi connectivity index (χ0) is 22.9. The number of fused-ring (bicyclic) bond motifs is 4. The number of benzene rings is 2. The van der Waals surface area contributed by atoms with Gasteiger partial charge in [-0.15, -0.1) is 0 Å². The predicted octanol–water partition coefficient (Wildman–Crippen LogP) is 4.18. The number of methoxy groups -OCH3 is 2. The Bertz CT molecular complexity index is 1220. The molecule has 2 aliphatic heterocycles. The van der Waals surface area contributed by atoms with Gasteiger partial charge in [0.15, 0.2) is 0 Å². The fourth-order valence-electron chi connectivity index (χ4n) is 5.12. The molecule has 2 aromatic carbocycles. The van der Waals surface area contributed by atoms with Gasteiger partial charge in [0.25, 0.3) is 5.56 Å². The van der Waals surface area contributed by atoms with E-state index in [0.29, 0.717) is 36.8 Å². The number of nitrogens with zero attached hydrogens (tertiary/aromatic N) is 2. The first-order valence-corrected chi connectivity index (χ1v) is 11.1. The highest BCUT2D eigenvalue weighted by atomic mass is 16.5. The van der Waals surface area contributed by atoms with E-state index in [1.165, 1.54) is 0 Å². The molecule has 33 heavy (non-hydrogen) atoms. The number of pyridine rings is 1. The van der Waals surface area contributed by atoms with Crippen LogP contribution in [0.2, 0.25) is 0 Å². The van der Waals surface area contributed by atoms with Gasteiger partial charge in [-0.1, -0.05) is 30.3 Å². The van der Waals surface area contributed by atoms with Crippen molar-refractivity contribution in [1.82, 2.24) is 9.47 Å². The Labute approximate surface area is 192 Å². The summed E-state index contributed by atoms with van der Waals surface area (Å²) in [5.41, 5.74) is 3.84. The zero-order valence-corrected chi connectivity index (χ0v) is 18.8. The van der Waals surface area contributed by atoms with Gasteiger partial charge in [0.1, 0.15) is 11.5 Å². The largest absolute Gasteiger partial charge is 0.497 e. The van der Waals surface area contributed by atoms with Crippen LogP contribution in [0.3, 0.4) is 0 Å². The predicted molar refractivity (Wildman–Crippen MR) is 127 cm³/mol. The van der Waals surface area contributed by atoms with Gasteiger partial charge >= 0.3 is 6.03 Å². The van der Waals surface area contributed by atoms with Crippen molar-refractivity contribution in [2.45, 2.75) is 18.9 Å². The molecule has 1 fully saturated rings. The minimum absolute atomic E-state index is 0.0285. The van der Waals surface area contributed by atoms with Crippen LogP contribution in [-0.4, -0.2) is 42.8 Å². The second-order valence-electron chi connectivity index (χ2n) is 8.68. The lowest BCUT2D eigenvalue weighted by molar-refractivity contribution is 0.140. The summed E-state index contributed by atoms with van der Waals surface area (Å²) in [6.45, 7) is 1.81. The third-order valence-electron chi connectivity index (χ3n) is 6.56. The van der Waals surface area contributed by atoms with E-state index in [1.54, 1.807) is 38.5 Å². The summed E-state index contributed by atoms with van der Waals surface area (Å²) >= 11 is 0. The van der Waals surface area contributed by atoms with Gasteiger partial charge < -0.3 is 24.3 Å². The lowest BCUT2D eigenvalue weighted by atomic mass is 9.80. The molecular formula is C26H27N3O4. The van der Waals surface area contributed by atoms with Crippen molar-refractivity contribution in [1.29, 1.82) is 0 Å². The number of carbonyl (C=O) groups is 1. The number of rotatable bonds is 4. The lowest BCUT2D eigenvalue weighted by Gasteiger charge is -2.43. The second-order valence-corrected chi connectivity index (χ2v) is 8.68. The Morgan fingerprint density at radius 1 is 0.939 bits per heavy atom. The van der Waals surface area contributed by atoms with E-state index in [4.69, 9.17) is 9.47 Å². The molecule has 5 rings (SSSR count). The number of likely N-dealkylation sites (tertiary alicyclic amines) is 1. The van der Waals surface area contributed by atoms with Crippen molar-refractivity contribution in [2.75, 3.05) is 32.6 Å². The van der Waals surface area contributed by atoms with Crippen LogP contribution < -0.4 is 20.3 Å². The molecule has 3 aromatic rings. The maximum Gasteiger partial charge on any atom is 0.321 e. The van der Waals surface area contributed by atoms with E-state index < -0.39 is 0 Å². The van der Waals surface area contributed by atoms with Crippen LogP contribution in [0.1, 0.15) is 18.0 Å². The Hall–Kier alpha value is -3.74. The molecule has 7 heteroatoms. The van der Waals surface area contributed by atoms with Gasteiger partial charge in [0.05, 0.1) is 14.2 Å². The summed E-state index contributed by atoms with van der Waals surface area (Å²) in [5, 5.41) is 2.99. The zero-order valence-electron chi connectivity index (χ0n) is 18.8. The smallest absolute Gasteiger partial charge is 0.321 e. The summed E-state index contributed by atoms with van der Waals surface area (Å²) in [4.78, 5) is 27.8. The van der Waals surface area contributed by atoms with E-state index in [9.17, 15) is 9.59 Å². The molecule has 2 unspecified atom stereocenters. The number of urea groups is 1. The quantitative estimate of drug-likeness (QED) is 0.654. The summed E-state index contributed by atoms with van der Waals surface area (Å²) < 4.78 is 12.5. The summed E-state index contributed by atoms with van der Waals surface area (Å²) in [7, 11) is 3.16. The molecule has 7 nitrogen and oxygen atoms in total. The average Bonchev–Trinajstić information content (AvgIpc) is 2.84. The van der Waals surface area contributed by atoms with Crippen LogP contribution in [0, 0.1) is 5.92 Å². The minimum atomic E-state index is -0.159. The summed E-state index contributed by atoms with van der Waals surface area (Å²) in [6, 6.07) is 18.9. The summed E-state index contributed by atoms with van der Waals surface area (Å²) in [6.07, 6.45) is 0.972. The standard InChI is InChI=1S/C26H27N3O4/c1-32-21-11-20(12-22(13-21)33-2)27-26(31)28-14-17-10-19(16-28)25-23(18-6-4-3-5-7-18)8-9-24(30)29(25)15-17/h3-9,11-13,17,19H,10,14-16H2,1-2H3,(H,27,31). The molecule has 0 spiro atoms. The SMILES string of the molecule is COc1cc(NC(=O)N2CC3CC(C2)c2c(-c4ccccc4)ccc(=O)n2C3)cc(OC)c1. The molecule has 0 aliphatic carbocycles. The van der Waals surface area contributed by atoms with Crippen LogP contribution in [0.5, 0.6) is 11.5 Å². The average molecular weight is 446 g/mol. The Morgan fingerprint density at radius 2 is 1.67 bits per heavy atom. The third kappa shape index (κ3) is 4.06. The van der Waals surface area contributed by atoms with Gasteiger partial charge in [-0.25, -0.2) is 4.79 Å². The highest BCUT2D eigenvalue weighted by Gasteiger charge is 2.37. The number of aromatic nitrogens is 1. The van der Waals surface area contributed by atoms with E-state index in [2.05, 4.69) is 17.4 Å². The lowest BCUT2D eigenvalue weighted by Crippen LogP contribution is -2.50. The Balaban J connectivity index is 1.43. The Kier molecular flexibility index (Phi) is 5.54. The van der Waals surface area contributed by atoms with Gasteiger partial charge in [0.2, 0.25) is 0 Å². The van der Waals surface area contributed by atoms with Crippen LogP contribution in [0.4, 0.5) is 10.5 Å². The second kappa shape index (κ2) is 8.65. The number of amides is 2. The van der Waals surface area contributed by atoms with Crippen LogP contribution in [0.25, 0.3) is 11.1 Å². The van der Waals surface area contributed by atoms with Gasteiger partial charge in [-0.3, -0.25) is 4.79 Å². The van der Waals surface area contributed by atoms with Crippen molar-refractivity contribution in [2.24, 2.45) is 5.92 Å². The highest BCUT2D eigenvalue weighted by molar-refractivity contribution is 5.90. The molecule has 0 radical (unpaired) electrons. The maximum absolute atomic E-state index is 13.2. The van der Waals surface area contributed by atoms with Crippen molar-refractivity contribution in [3.63, 3.8) is 0 Å². The first kappa shape index (κ1) is 21.1. The first-order valence-electron chi connectivity index (χ1n) is 11.1. The fourth-order valence-corrected chi connectivity index (χ4v) is 5.12. The van der Waals surface area contributed by atoms with Crippen molar-refractivity contribution in [3.05, 3.63) is 76.7 Å². The van der Waals surface area contributed by atoms with Gasteiger partial charge in [0, 0.05) is 66.8 Å². The normalized spacial score (nSPS) is 18.9. The highest BCUT2D eigenvalue weighted by Crippen LogP contribution is 2.40. The molecule has 1 N–H and O–H groups in total. The van der Waals surface area contributed by atoms with Crippen molar-refractivity contribution >= 4 is 11.7 Å². The molecule has 0 saturated carbocycles. The number of ether oxygens (including phenoxy) is 2.